The zero-order chi connectivity index (χ0) is 19.1. The summed E-state index contributed by atoms with van der Waals surface area (Å²) >= 11 is 2.06. The maximum Gasteiger partial charge on any atom is 0.272 e. The third-order valence-corrected chi connectivity index (χ3v) is 4.19. The molecule has 2 aromatic carbocycles. The van der Waals surface area contributed by atoms with Gasteiger partial charge in [-0.15, -0.1) is 0 Å². The Hall–Kier alpha value is -2.82. The quantitative estimate of drug-likeness (QED) is 0.294. The Bertz CT molecular complexity index is 865. The van der Waals surface area contributed by atoms with E-state index in [1.165, 1.54) is 24.3 Å². The van der Waals surface area contributed by atoms with Crippen LogP contribution in [0.2, 0.25) is 0 Å². The number of non-ortho nitro benzene ring substituents is 1. The van der Waals surface area contributed by atoms with E-state index in [4.69, 9.17) is 0 Å². The Labute approximate surface area is 163 Å². The minimum absolute atomic E-state index is 0.0247. The fraction of sp³-hybridized carbons (Fsp3) is 0.118. The first-order valence-electron chi connectivity index (χ1n) is 7.49. The average Bonchev–Trinajstić information content (AvgIpc) is 2.60. The molecule has 2 N–H and O–H groups in total. The van der Waals surface area contributed by atoms with E-state index in [-0.39, 0.29) is 23.9 Å². The zero-order valence-corrected chi connectivity index (χ0v) is 15.9. The number of hydrogen-bond acceptors (Lipinski definition) is 5. The number of anilines is 1. The number of hydrazone groups is 1. The van der Waals surface area contributed by atoms with E-state index < -0.39 is 4.92 Å². The van der Waals surface area contributed by atoms with Gasteiger partial charge in [0.2, 0.25) is 5.91 Å². The largest absolute Gasteiger partial charge is 0.326 e. The molecule has 0 aliphatic rings. The highest BCUT2D eigenvalue weighted by Gasteiger charge is 2.10. The smallest absolute Gasteiger partial charge is 0.272 e. The zero-order valence-electron chi connectivity index (χ0n) is 13.7. The van der Waals surface area contributed by atoms with E-state index in [0.717, 1.165) is 3.57 Å². The predicted octanol–water partition coefficient (Wildman–Crippen LogP) is 3.33. The normalized spacial score (nSPS) is 10.9. The van der Waals surface area contributed by atoms with Crippen LogP contribution >= 0.6 is 22.6 Å². The van der Waals surface area contributed by atoms with Crippen molar-refractivity contribution in [3.8, 4) is 0 Å². The number of carbonyl (C=O) groups is 2. The highest BCUT2D eigenvalue weighted by molar-refractivity contribution is 14.1. The standard InChI is InChI=1S/C17H15IN4O4/c1-11(20-21-17(24)14-4-2-3-5-15(14)18)10-16(23)19-12-6-8-13(9-7-12)22(25)26/h2-9H,10H2,1H3,(H,19,23)(H,21,24). The maximum atomic E-state index is 12.1. The number of carbonyl (C=O) groups excluding carboxylic acids is 2. The number of amides is 2. The molecule has 8 nitrogen and oxygen atoms in total. The molecule has 0 unspecified atom stereocenters. The van der Waals surface area contributed by atoms with Crippen LogP contribution in [0.15, 0.2) is 53.6 Å². The first kappa shape index (κ1) is 19.5. The monoisotopic (exact) mass is 466 g/mol. The molecule has 2 rings (SSSR count). The van der Waals surface area contributed by atoms with Crippen molar-refractivity contribution in [2.75, 3.05) is 5.32 Å². The molecule has 0 aliphatic carbocycles. The lowest BCUT2D eigenvalue weighted by molar-refractivity contribution is -0.384. The third-order valence-electron chi connectivity index (χ3n) is 3.25. The number of nitro groups is 1. The number of rotatable bonds is 6. The van der Waals surface area contributed by atoms with Gasteiger partial charge in [-0.05, 0) is 53.8 Å². The molecule has 0 bridgehead atoms. The molecule has 0 saturated heterocycles. The molecule has 0 saturated carbocycles. The van der Waals surface area contributed by atoms with Crippen molar-refractivity contribution in [3.63, 3.8) is 0 Å². The molecule has 26 heavy (non-hydrogen) atoms. The first-order valence-corrected chi connectivity index (χ1v) is 8.57. The van der Waals surface area contributed by atoms with Gasteiger partial charge in [-0.1, -0.05) is 12.1 Å². The molecule has 0 radical (unpaired) electrons. The molecule has 0 aromatic heterocycles. The molecule has 0 spiro atoms. The van der Waals surface area contributed by atoms with Crippen molar-refractivity contribution >= 4 is 51.5 Å². The summed E-state index contributed by atoms with van der Waals surface area (Å²) in [5.41, 5.74) is 3.72. The number of nitrogens with one attached hydrogen (secondary N) is 2. The van der Waals surface area contributed by atoms with Gasteiger partial charge < -0.3 is 5.32 Å². The molecular formula is C17H15IN4O4. The second kappa shape index (κ2) is 9.04. The number of benzene rings is 2. The van der Waals surface area contributed by atoms with E-state index in [1.54, 1.807) is 19.1 Å². The van der Waals surface area contributed by atoms with E-state index in [1.807, 2.05) is 12.1 Å². The van der Waals surface area contributed by atoms with Gasteiger partial charge in [0.1, 0.15) is 0 Å². The van der Waals surface area contributed by atoms with Gasteiger partial charge in [0.05, 0.1) is 16.9 Å². The van der Waals surface area contributed by atoms with Crippen molar-refractivity contribution in [1.29, 1.82) is 0 Å². The number of hydrogen-bond donors (Lipinski definition) is 2. The average molecular weight is 466 g/mol. The van der Waals surface area contributed by atoms with Crippen LogP contribution in [0.25, 0.3) is 0 Å². The van der Waals surface area contributed by atoms with Crippen LogP contribution in [0.4, 0.5) is 11.4 Å². The molecule has 0 fully saturated rings. The summed E-state index contributed by atoms with van der Waals surface area (Å²) in [5.74, 6) is -0.700. The van der Waals surface area contributed by atoms with Gasteiger partial charge in [0.15, 0.2) is 0 Å². The molecule has 134 valence electrons. The summed E-state index contributed by atoms with van der Waals surface area (Å²) in [6, 6.07) is 12.6. The number of nitrogens with zero attached hydrogens (tertiary/aromatic N) is 2. The highest BCUT2D eigenvalue weighted by Crippen LogP contribution is 2.15. The van der Waals surface area contributed by atoms with Gasteiger partial charge in [0, 0.05) is 27.1 Å². The van der Waals surface area contributed by atoms with Crippen LogP contribution in [0, 0.1) is 13.7 Å². The van der Waals surface area contributed by atoms with Crippen molar-refractivity contribution in [3.05, 3.63) is 67.8 Å². The maximum absolute atomic E-state index is 12.1. The summed E-state index contributed by atoms with van der Waals surface area (Å²) in [6.07, 6.45) is -0.0247. The number of nitro benzene ring substituents is 1. The lowest BCUT2D eigenvalue weighted by atomic mass is 10.2. The van der Waals surface area contributed by atoms with Gasteiger partial charge in [-0.3, -0.25) is 19.7 Å². The number of halogens is 1. The van der Waals surface area contributed by atoms with E-state index >= 15 is 0 Å². The first-order chi connectivity index (χ1) is 12.4. The summed E-state index contributed by atoms with van der Waals surface area (Å²) < 4.78 is 0.798. The SMILES string of the molecule is CC(CC(=O)Nc1ccc([N+](=O)[O-])cc1)=NNC(=O)c1ccccc1I. The minimum atomic E-state index is -0.515. The third kappa shape index (κ3) is 5.62. The summed E-state index contributed by atoms with van der Waals surface area (Å²) in [7, 11) is 0. The van der Waals surface area contributed by atoms with E-state index in [2.05, 4.69) is 38.4 Å². The van der Waals surface area contributed by atoms with Gasteiger partial charge in [-0.25, -0.2) is 5.43 Å². The molecule has 0 aliphatic heterocycles. The van der Waals surface area contributed by atoms with Crippen LogP contribution in [-0.4, -0.2) is 22.4 Å². The molecule has 2 amide bonds. The molecule has 0 heterocycles. The van der Waals surface area contributed by atoms with Crippen molar-refractivity contribution in [1.82, 2.24) is 5.43 Å². The van der Waals surface area contributed by atoms with Crippen LogP contribution < -0.4 is 10.7 Å². The van der Waals surface area contributed by atoms with Crippen molar-refractivity contribution in [2.45, 2.75) is 13.3 Å². The van der Waals surface area contributed by atoms with E-state index in [9.17, 15) is 19.7 Å². The van der Waals surface area contributed by atoms with Gasteiger partial charge in [-0.2, -0.15) is 5.10 Å². The molecule has 2 aromatic rings. The van der Waals surface area contributed by atoms with Crippen molar-refractivity contribution < 1.29 is 14.5 Å². The fourth-order valence-corrected chi connectivity index (χ4v) is 2.63. The van der Waals surface area contributed by atoms with Crippen LogP contribution in [0.1, 0.15) is 23.7 Å². The molecular weight excluding hydrogens is 451 g/mol. The van der Waals surface area contributed by atoms with Crippen molar-refractivity contribution in [2.24, 2.45) is 5.10 Å². The van der Waals surface area contributed by atoms with Gasteiger partial charge >= 0.3 is 0 Å². The summed E-state index contributed by atoms with van der Waals surface area (Å²) in [4.78, 5) is 34.1. The second-order valence-corrected chi connectivity index (χ2v) is 6.46. The highest BCUT2D eigenvalue weighted by atomic mass is 127. The Morgan fingerprint density at radius 1 is 1.15 bits per heavy atom. The Balaban J connectivity index is 1.89. The Morgan fingerprint density at radius 3 is 2.42 bits per heavy atom. The minimum Gasteiger partial charge on any atom is -0.326 e. The fourth-order valence-electron chi connectivity index (χ4n) is 2.00. The molecule has 0 atom stereocenters. The summed E-state index contributed by atoms with van der Waals surface area (Å²) in [5, 5.41) is 17.1. The van der Waals surface area contributed by atoms with Crippen LogP contribution in [0.3, 0.4) is 0 Å². The predicted molar refractivity (Wildman–Crippen MR) is 106 cm³/mol. The lowest BCUT2D eigenvalue weighted by Gasteiger charge is -2.06. The topological polar surface area (TPSA) is 114 Å². The Morgan fingerprint density at radius 2 is 1.81 bits per heavy atom. The Kier molecular flexibility index (Phi) is 6.78. The van der Waals surface area contributed by atoms with Crippen LogP contribution in [-0.2, 0) is 4.79 Å². The molecule has 9 heteroatoms. The second-order valence-electron chi connectivity index (χ2n) is 5.30. The summed E-state index contributed by atoms with van der Waals surface area (Å²) in [6.45, 7) is 1.62. The lowest BCUT2D eigenvalue weighted by Crippen LogP contribution is -2.22. The van der Waals surface area contributed by atoms with E-state index in [0.29, 0.717) is 17.0 Å². The van der Waals surface area contributed by atoms with Crippen LogP contribution in [0.5, 0.6) is 0 Å². The van der Waals surface area contributed by atoms with Gasteiger partial charge in [0.25, 0.3) is 11.6 Å².